The summed E-state index contributed by atoms with van der Waals surface area (Å²) >= 11 is 0. The summed E-state index contributed by atoms with van der Waals surface area (Å²) in [5.41, 5.74) is 6.13. The Hall–Kier alpha value is -3.88. The van der Waals surface area contributed by atoms with Gasteiger partial charge in [-0.25, -0.2) is 14.6 Å². The first-order chi connectivity index (χ1) is 18.8. The molecule has 0 spiro atoms. The molecule has 1 N–H and O–H groups in total. The maximum atomic E-state index is 10.4. The van der Waals surface area contributed by atoms with E-state index in [1.807, 2.05) is 44.4 Å². The lowest BCUT2D eigenvalue weighted by Crippen LogP contribution is -2.27. The van der Waals surface area contributed by atoms with Gasteiger partial charge in [0, 0.05) is 37.6 Å². The van der Waals surface area contributed by atoms with Crippen LogP contribution in [0.25, 0.3) is 33.8 Å². The van der Waals surface area contributed by atoms with Gasteiger partial charge in [-0.1, -0.05) is 59.8 Å². The number of fused-ring (bicyclic) bond motifs is 1. The Morgan fingerprint density at radius 3 is 2.41 bits per heavy atom. The van der Waals surface area contributed by atoms with Gasteiger partial charge < -0.3 is 14.4 Å². The molecular formula is C31H33N6O2. The van der Waals surface area contributed by atoms with Crippen LogP contribution in [0.1, 0.15) is 42.6 Å². The summed E-state index contributed by atoms with van der Waals surface area (Å²) in [5.74, 6) is 1.20. The van der Waals surface area contributed by atoms with E-state index < -0.39 is 5.60 Å². The molecule has 0 amide bonds. The van der Waals surface area contributed by atoms with E-state index in [9.17, 15) is 5.11 Å². The Labute approximate surface area is 228 Å². The molecule has 1 saturated heterocycles. The van der Waals surface area contributed by atoms with Crippen LogP contribution in [0.15, 0.2) is 66.9 Å². The third-order valence-corrected chi connectivity index (χ3v) is 7.71. The fourth-order valence-electron chi connectivity index (χ4n) is 5.74. The Morgan fingerprint density at radius 1 is 1.05 bits per heavy atom. The van der Waals surface area contributed by atoms with Crippen molar-refractivity contribution in [2.45, 2.75) is 38.3 Å². The molecule has 39 heavy (non-hydrogen) atoms. The summed E-state index contributed by atoms with van der Waals surface area (Å²) in [6, 6.07) is 20.7. The standard InChI is InChI=1S/C31H33N6O2/c1-20-27(36(4)35-34-20)24-18-26-29(32-19-24)33-30(23-10-12-25(13-11-23)31(2,3)38)37(26)28(21-8-6-5-7-9-21)22-14-16-39-17-15-22/h5-13,18-19,22,28,38H,2,14-17H2,1,3-4H3. The molecular weight excluding hydrogens is 488 g/mol. The highest BCUT2D eigenvalue weighted by Crippen LogP contribution is 2.40. The zero-order valence-electron chi connectivity index (χ0n) is 22.6. The average Bonchev–Trinajstić information content (AvgIpc) is 3.48. The smallest absolute Gasteiger partial charge is 0.178 e. The highest BCUT2D eigenvalue weighted by molar-refractivity contribution is 5.82. The van der Waals surface area contributed by atoms with Crippen LogP contribution < -0.4 is 0 Å². The molecule has 8 heteroatoms. The number of imidazole rings is 1. The quantitative estimate of drug-likeness (QED) is 0.328. The molecule has 8 nitrogen and oxygen atoms in total. The molecule has 3 aromatic heterocycles. The lowest BCUT2D eigenvalue weighted by Gasteiger charge is -2.33. The van der Waals surface area contributed by atoms with Crippen LogP contribution in [0.2, 0.25) is 0 Å². The molecule has 6 rings (SSSR count). The van der Waals surface area contributed by atoms with Gasteiger partial charge in [-0.05, 0) is 56.7 Å². The predicted octanol–water partition coefficient (Wildman–Crippen LogP) is 5.26. The largest absolute Gasteiger partial charge is 0.385 e. The SMILES string of the molecule is [CH2]C(C)(O)c1ccc(-c2nc3ncc(-c4c(C)nnn4C)cc3n2C(c2ccccc2)C2CCOCC2)cc1. The van der Waals surface area contributed by atoms with E-state index in [1.54, 1.807) is 11.6 Å². The van der Waals surface area contributed by atoms with Crippen LogP contribution in [0, 0.1) is 19.8 Å². The molecule has 1 fully saturated rings. The summed E-state index contributed by atoms with van der Waals surface area (Å²) < 4.78 is 9.90. The van der Waals surface area contributed by atoms with Crippen molar-refractivity contribution in [3.63, 3.8) is 0 Å². The zero-order valence-corrected chi connectivity index (χ0v) is 22.6. The molecule has 0 saturated carbocycles. The summed E-state index contributed by atoms with van der Waals surface area (Å²) in [6.45, 7) is 9.01. The van der Waals surface area contributed by atoms with Gasteiger partial charge in [0.2, 0.25) is 0 Å². The molecule has 2 atom stereocenters. The van der Waals surface area contributed by atoms with Gasteiger partial charge >= 0.3 is 0 Å². The van der Waals surface area contributed by atoms with E-state index in [-0.39, 0.29) is 6.04 Å². The summed E-state index contributed by atoms with van der Waals surface area (Å²) in [5, 5.41) is 18.9. The number of ether oxygens (including phenoxy) is 1. The summed E-state index contributed by atoms with van der Waals surface area (Å²) in [4.78, 5) is 9.92. The van der Waals surface area contributed by atoms with E-state index in [0.717, 1.165) is 65.5 Å². The number of aromatic nitrogens is 6. The number of pyridine rings is 1. The van der Waals surface area contributed by atoms with Gasteiger partial charge in [0.1, 0.15) is 5.82 Å². The molecule has 4 heterocycles. The van der Waals surface area contributed by atoms with Gasteiger partial charge in [-0.3, -0.25) is 0 Å². The number of nitrogens with zero attached hydrogens (tertiary/aromatic N) is 6. The normalized spacial score (nSPS) is 15.6. The Balaban J connectivity index is 1.61. The van der Waals surface area contributed by atoms with Crippen LogP contribution in [-0.2, 0) is 17.4 Å². The minimum atomic E-state index is -1.17. The number of hydrogen-bond acceptors (Lipinski definition) is 6. The highest BCUT2D eigenvalue weighted by atomic mass is 16.5. The fraction of sp³-hybridized carbons (Fsp3) is 0.323. The van der Waals surface area contributed by atoms with Crippen molar-refractivity contribution in [1.29, 1.82) is 0 Å². The third kappa shape index (κ3) is 4.75. The minimum Gasteiger partial charge on any atom is -0.385 e. The van der Waals surface area contributed by atoms with Gasteiger partial charge in [0.25, 0.3) is 0 Å². The second kappa shape index (κ2) is 10.0. The van der Waals surface area contributed by atoms with Gasteiger partial charge in [-0.15, -0.1) is 5.10 Å². The maximum Gasteiger partial charge on any atom is 0.178 e. The van der Waals surface area contributed by atoms with Crippen molar-refractivity contribution in [1.82, 2.24) is 29.5 Å². The lowest BCUT2D eigenvalue weighted by molar-refractivity contribution is 0.0549. The first-order valence-corrected chi connectivity index (χ1v) is 13.4. The number of aryl methyl sites for hydroxylation is 2. The predicted molar refractivity (Wildman–Crippen MR) is 151 cm³/mol. The van der Waals surface area contributed by atoms with Crippen molar-refractivity contribution < 1.29 is 9.84 Å². The Kier molecular flexibility index (Phi) is 6.53. The molecule has 0 aliphatic carbocycles. The molecule has 1 radical (unpaired) electrons. The van der Waals surface area contributed by atoms with E-state index in [1.165, 1.54) is 5.56 Å². The zero-order chi connectivity index (χ0) is 27.1. The van der Waals surface area contributed by atoms with E-state index >= 15 is 0 Å². The minimum absolute atomic E-state index is 0.0357. The fourth-order valence-corrected chi connectivity index (χ4v) is 5.74. The molecule has 1 aliphatic heterocycles. The van der Waals surface area contributed by atoms with Gasteiger partial charge in [0.15, 0.2) is 5.65 Å². The maximum absolute atomic E-state index is 10.4. The summed E-state index contributed by atoms with van der Waals surface area (Å²) in [6.07, 6.45) is 3.77. The molecule has 1 aliphatic rings. The average molecular weight is 522 g/mol. The first-order valence-electron chi connectivity index (χ1n) is 13.4. The van der Waals surface area contributed by atoms with Crippen LogP contribution in [0.3, 0.4) is 0 Å². The topological polar surface area (TPSA) is 90.9 Å². The van der Waals surface area contributed by atoms with Crippen LogP contribution in [0.4, 0.5) is 0 Å². The van der Waals surface area contributed by atoms with E-state index in [0.29, 0.717) is 11.6 Å². The number of benzene rings is 2. The van der Waals surface area contributed by atoms with Crippen molar-refractivity contribution in [3.8, 4) is 22.6 Å². The molecule has 2 unspecified atom stereocenters. The number of rotatable bonds is 6. The molecule has 0 bridgehead atoms. The monoisotopic (exact) mass is 521 g/mol. The summed E-state index contributed by atoms with van der Waals surface area (Å²) in [7, 11) is 1.90. The van der Waals surface area contributed by atoms with Crippen molar-refractivity contribution in [2.75, 3.05) is 13.2 Å². The third-order valence-electron chi connectivity index (χ3n) is 7.71. The molecule has 2 aromatic carbocycles. The van der Waals surface area contributed by atoms with Crippen LogP contribution in [-0.4, -0.2) is 47.8 Å². The Morgan fingerprint density at radius 2 is 1.77 bits per heavy atom. The van der Waals surface area contributed by atoms with E-state index in [4.69, 9.17) is 14.7 Å². The lowest BCUT2D eigenvalue weighted by atomic mass is 9.86. The molecule has 199 valence electrons. The highest BCUT2D eigenvalue weighted by Gasteiger charge is 2.31. The van der Waals surface area contributed by atoms with Gasteiger partial charge in [0.05, 0.1) is 28.5 Å². The van der Waals surface area contributed by atoms with Crippen LogP contribution >= 0.6 is 0 Å². The Bertz CT molecular complexity index is 1570. The second-order valence-corrected chi connectivity index (χ2v) is 10.7. The van der Waals surface area contributed by atoms with E-state index in [2.05, 4.69) is 58.2 Å². The number of hydrogen-bond donors (Lipinski definition) is 1. The molecule has 5 aromatic rings. The number of aliphatic hydroxyl groups is 1. The van der Waals surface area contributed by atoms with Crippen molar-refractivity contribution in [3.05, 3.63) is 90.6 Å². The first kappa shape index (κ1) is 25.4. The van der Waals surface area contributed by atoms with Crippen LogP contribution in [0.5, 0.6) is 0 Å². The van der Waals surface area contributed by atoms with Crippen molar-refractivity contribution in [2.24, 2.45) is 13.0 Å². The van der Waals surface area contributed by atoms with Gasteiger partial charge in [-0.2, -0.15) is 0 Å². The second-order valence-electron chi connectivity index (χ2n) is 10.7. The van der Waals surface area contributed by atoms with Crippen molar-refractivity contribution >= 4 is 11.2 Å².